The van der Waals surface area contributed by atoms with Crippen LogP contribution in [0.2, 0.25) is 0 Å². The monoisotopic (exact) mass is 364 g/mol. The van der Waals surface area contributed by atoms with E-state index in [-0.39, 0.29) is 5.91 Å². The van der Waals surface area contributed by atoms with E-state index in [1.165, 1.54) is 0 Å². The molecule has 2 aromatic rings. The van der Waals surface area contributed by atoms with Gasteiger partial charge in [-0.15, -0.1) is 0 Å². The van der Waals surface area contributed by atoms with Crippen molar-refractivity contribution in [1.82, 2.24) is 15.4 Å². The molecule has 0 saturated carbocycles. The summed E-state index contributed by atoms with van der Waals surface area (Å²) in [6.07, 6.45) is 2.51. The number of hydrazine groups is 1. The molecule has 0 radical (unpaired) electrons. The van der Waals surface area contributed by atoms with Crippen molar-refractivity contribution in [3.63, 3.8) is 0 Å². The van der Waals surface area contributed by atoms with Crippen LogP contribution in [0.4, 0.5) is 5.95 Å². The van der Waals surface area contributed by atoms with Gasteiger partial charge in [0.05, 0.1) is 4.47 Å². The molecule has 22 heavy (non-hydrogen) atoms. The number of hydrogen-bond acceptors (Lipinski definition) is 5. The van der Waals surface area contributed by atoms with Gasteiger partial charge in [-0.1, -0.05) is 12.1 Å². The molecule has 6 nitrogen and oxygen atoms in total. The number of carbonyl (C=O) groups is 1. The number of nitrogens with zero attached hydrogens (tertiary/aromatic N) is 2. The Bertz CT molecular complexity index is 661. The average Bonchev–Trinajstić information content (AvgIpc) is 2.51. The van der Waals surface area contributed by atoms with Crippen molar-refractivity contribution in [3.8, 4) is 5.75 Å². The number of carbonyl (C=O) groups excluding carboxylic acids is 1. The zero-order valence-corrected chi connectivity index (χ0v) is 14.1. The van der Waals surface area contributed by atoms with Crippen molar-refractivity contribution < 1.29 is 9.53 Å². The van der Waals surface area contributed by atoms with Gasteiger partial charge in [-0.05, 0) is 53.9 Å². The molecule has 0 aliphatic heterocycles. The van der Waals surface area contributed by atoms with Crippen LogP contribution in [0.15, 0.2) is 35.1 Å². The molecular weight excluding hydrogens is 348 g/mol. The Morgan fingerprint density at radius 2 is 1.95 bits per heavy atom. The molecule has 0 aliphatic rings. The number of halogens is 1. The molecule has 1 atom stereocenters. The topological polar surface area (TPSA) is 76.1 Å². The second-order valence-electron chi connectivity index (χ2n) is 4.80. The summed E-state index contributed by atoms with van der Waals surface area (Å²) in [5.74, 6) is 0.686. The van der Waals surface area contributed by atoms with Crippen LogP contribution in [0, 0.1) is 13.8 Å². The lowest BCUT2D eigenvalue weighted by Gasteiger charge is -2.17. The van der Waals surface area contributed by atoms with E-state index in [1.807, 2.05) is 32.0 Å². The van der Waals surface area contributed by atoms with E-state index in [0.29, 0.717) is 11.7 Å². The molecule has 0 bridgehead atoms. The van der Waals surface area contributed by atoms with Crippen LogP contribution in [-0.4, -0.2) is 22.0 Å². The van der Waals surface area contributed by atoms with E-state index in [9.17, 15) is 4.79 Å². The van der Waals surface area contributed by atoms with E-state index >= 15 is 0 Å². The molecule has 1 aromatic carbocycles. The molecule has 7 heteroatoms. The molecule has 1 amide bonds. The molecule has 1 unspecified atom stereocenters. The first-order chi connectivity index (χ1) is 10.5. The number of ether oxygens (including phenoxy) is 1. The van der Waals surface area contributed by atoms with Gasteiger partial charge in [-0.25, -0.2) is 9.97 Å². The summed E-state index contributed by atoms with van der Waals surface area (Å²) in [5, 5.41) is 0. The maximum atomic E-state index is 12.0. The third-order valence-corrected chi connectivity index (χ3v) is 3.56. The Labute approximate surface area is 137 Å². The van der Waals surface area contributed by atoms with Gasteiger partial charge < -0.3 is 4.74 Å². The van der Waals surface area contributed by atoms with Gasteiger partial charge in [-0.2, -0.15) is 0 Å². The minimum absolute atomic E-state index is 0.301. The number of aryl methyl sites for hydroxylation is 1. The van der Waals surface area contributed by atoms with Gasteiger partial charge in [0.15, 0.2) is 6.10 Å². The second kappa shape index (κ2) is 7.22. The first-order valence-electron chi connectivity index (χ1n) is 6.73. The molecule has 0 spiro atoms. The summed E-state index contributed by atoms with van der Waals surface area (Å²) < 4.78 is 6.46. The van der Waals surface area contributed by atoms with E-state index < -0.39 is 6.10 Å². The van der Waals surface area contributed by atoms with Crippen LogP contribution in [0.25, 0.3) is 0 Å². The minimum atomic E-state index is -0.650. The van der Waals surface area contributed by atoms with Gasteiger partial charge in [0.2, 0.25) is 5.95 Å². The van der Waals surface area contributed by atoms with E-state index in [2.05, 4.69) is 36.7 Å². The zero-order chi connectivity index (χ0) is 16.1. The second-order valence-corrected chi connectivity index (χ2v) is 5.71. The van der Waals surface area contributed by atoms with Crippen LogP contribution in [0.5, 0.6) is 5.75 Å². The third-order valence-electron chi connectivity index (χ3n) is 3.15. The summed E-state index contributed by atoms with van der Waals surface area (Å²) in [6, 6.07) is 5.74. The zero-order valence-electron chi connectivity index (χ0n) is 12.6. The Morgan fingerprint density at radius 3 is 2.64 bits per heavy atom. The Balaban J connectivity index is 1.92. The van der Waals surface area contributed by atoms with Crippen molar-refractivity contribution in [2.45, 2.75) is 26.9 Å². The fourth-order valence-corrected chi connectivity index (χ4v) is 1.90. The SMILES string of the molecule is Cc1cccc(OC(C)C(=O)NNc2ncc(Br)cn2)c1C. The number of anilines is 1. The number of hydrogen-bond donors (Lipinski definition) is 2. The molecule has 2 rings (SSSR count). The van der Waals surface area contributed by atoms with Crippen LogP contribution in [0.3, 0.4) is 0 Å². The van der Waals surface area contributed by atoms with Crippen LogP contribution >= 0.6 is 15.9 Å². The number of nitrogens with one attached hydrogen (secondary N) is 2. The highest BCUT2D eigenvalue weighted by Gasteiger charge is 2.16. The summed E-state index contributed by atoms with van der Waals surface area (Å²) in [5.41, 5.74) is 7.30. The lowest BCUT2D eigenvalue weighted by molar-refractivity contribution is -0.126. The predicted octanol–water partition coefficient (Wildman–Crippen LogP) is 2.77. The van der Waals surface area contributed by atoms with Crippen molar-refractivity contribution in [2.75, 3.05) is 5.43 Å². The van der Waals surface area contributed by atoms with E-state index in [1.54, 1.807) is 19.3 Å². The highest BCUT2D eigenvalue weighted by atomic mass is 79.9. The van der Waals surface area contributed by atoms with Crippen molar-refractivity contribution in [2.24, 2.45) is 0 Å². The number of amides is 1. The lowest BCUT2D eigenvalue weighted by atomic mass is 10.1. The fraction of sp³-hybridized carbons (Fsp3) is 0.267. The number of benzene rings is 1. The van der Waals surface area contributed by atoms with Crippen molar-refractivity contribution in [1.29, 1.82) is 0 Å². The smallest absolute Gasteiger partial charge is 0.279 e. The van der Waals surface area contributed by atoms with E-state index in [0.717, 1.165) is 15.6 Å². The Hall–Kier alpha value is -2.15. The van der Waals surface area contributed by atoms with Crippen LogP contribution in [-0.2, 0) is 4.79 Å². The predicted molar refractivity (Wildman–Crippen MR) is 87.5 cm³/mol. The van der Waals surface area contributed by atoms with Gasteiger partial charge in [0.25, 0.3) is 5.91 Å². The molecule has 116 valence electrons. The van der Waals surface area contributed by atoms with Gasteiger partial charge in [0, 0.05) is 12.4 Å². The van der Waals surface area contributed by atoms with Gasteiger partial charge >= 0.3 is 0 Å². The molecule has 1 heterocycles. The van der Waals surface area contributed by atoms with Crippen molar-refractivity contribution in [3.05, 3.63) is 46.2 Å². The first-order valence-corrected chi connectivity index (χ1v) is 7.53. The molecule has 0 saturated heterocycles. The number of aromatic nitrogens is 2. The van der Waals surface area contributed by atoms with Gasteiger partial charge in [-0.3, -0.25) is 15.6 Å². The van der Waals surface area contributed by atoms with Gasteiger partial charge in [0.1, 0.15) is 5.75 Å². The summed E-state index contributed by atoms with van der Waals surface area (Å²) >= 11 is 3.24. The summed E-state index contributed by atoms with van der Waals surface area (Å²) in [6.45, 7) is 5.64. The fourth-order valence-electron chi connectivity index (χ4n) is 1.69. The lowest BCUT2D eigenvalue weighted by Crippen LogP contribution is -2.40. The summed E-state index contributed by atoms with van der Waals surface area (Å²) in [7, 11) is 0. The molecule has 2 N–H and O–H groups in total. The number of rotatable bonds is 5. The highest BCUT2D eigenvalue weighted by molar-refractivity contribution is 9.10. The quantitative estimate of drug-likeness (QED) is 0.797. The van der Waals surface area contributed by atoms with E-state index in [4.69, 9.17) is 4.74 Å². The maximum absolute atomic E-state index is 12.0. The largest absolute Gasteiger partial charge is 0.481 e. The first kappa shape index (κ1) is 16.2. The summed E-state index contributed by atoms with van der Waals surface area (Å²) in [4.78, 5) is 20.0. The molecule has 1 aromatic heterocycles. The average molecular weight is 365 g/mol. The van der Waals surface area contributed by atoms with Crippen LogP contribution in [0.1, 0.15) is 18.1 Å². The van der Waals surface area contributed by atoms with Crippen molar-refractivity contribution >= 4 is 27.8 Å². The van der Waals surface area contributed by atoms with Crippen LogP contribution < -0.4 is 15.6 Å². The Kier molecular flexibility index (Phi) is 5.32. The third kappa shape index (κ3) is 4.17. The maximum Gasteiger partial charge on any atom is 0.279 e. The highest BCUT2D eigenvalue weighted by Crippen LogP contribution is 2.21. The standard InChI is InChI=1S/C15H17BrN4O2/c1-9-5-4-6-13(10(9)2)22-11(3)14(21)19-20-15-17-7-12(16)8-18-15/h4-8,11H,1-3H3,(H,19,21)(H,17,18,20). The minimum Gasteiger partial charge on any atom is -0.481 e. The molecular formula is C15H17BrN4O2. The Morgan fingerprint density at radius 1 is 1.27 bits per heavy atom. The molecule has 0 fully saturated rings. The molecule has 0 aliphatic carbocycles. The normalized spacial score (nSPS) is 11.6.